The van der Waals surface area contributed by atoms with Crippen molar-refractivity contribution in [1.29, 1.82) is 0 Å². The third-order valence-corrected chi connectivity index (χ3v) is 2.44. The van der Waals surface area contributed by atoms with Crippen molar-refractivity contribution in [2.24, 2.45) is 0 Å². The molecule has 0 aliphatic heterocycles. The van der Waals surface area contributed by atoms with Crippen molar-refractivity contribution in [3.05, 3.63) is 53.3 Å². The highest BCUT2D eigenvalue weighted by Gasteiger charge is 2.11. The van der Waals surface area contributed by atoms with Crippen LogP contribution in [0.5, 0.6) is 0 Å². The van der Waals surface area contributed by atoms with Gasteiger partial charge in [-0.05, 0) is 35.4 Å². The Labute approximate surface area is 97.3 Å². The SMILES string of the molecule is O=C(O)c1cc(Cl)ccc1-c1ccncc1. The van der Waals surface area contributed by atoms with Crippen molar-refractivity contribution < 1.29 is 9.90 Å². The van der Waals surface area contributed by atoms with E-state index in [4.69, 9.17) is 16.7 Å². The zero-order chi connectivity index (χ0) is 11.5. The molecule has 0 fully saturated rings. The summed E-state index contributed by atoms with van der Waals surface area (Å²) in [6, 6.07) is 8.33. The number of carboxylic acids is 1. The topological polar surface area (TPSA) is 50.2 Å². The molecule has 1 aromatic heterocycles. The van der Waals surface area contributed by atoms with Gasteiger partial charge >= 0.3 is 5.97 Å². The lowest BCUT2D eigenvalue weighted by Gasteiger charge is -2.06. The smallest absolute Gasteiger partial charge is 0.336 e. The lowest BCUT2D eigenvalue weighted by Crippen LogP contribution is -1.99. The molecule has 80 valence electrons. The van der Waals surface area contributed by atoms with E-state index in [-0.39, 0.29) is 5.56 Å². The number of nitrogens with zero attached hydrogens (tertiary/aromatic N) is 1. The number of halogens is 1. The van der Waals surface area contributed by atoms with Crippen LogP contribution in [-0.4, -0.2) is 16.1 Å². The van der Waals surface area contributed by atoms with Gasteiger partial charge in [0.2, 0.25) is 0 Å². The highest BCUT2D eigenvalue weighted by molar-refractivity contribution is 6.31. The minimum Gasteiger partial charge on any atom is -0.478 e. The van der Waals surface area contributed by atoms with Gasteiger partial charge in [0.05, 0.1) is 5.56 Å². The van der Waals surface area contributed by atoms with Gasteiger partial charge in [-0.15, -0.1) is 0 Å². The fourth-order valence-electron chi connectivity index (χ4n) is 1.48. The van der Waals surface area contributed by atoms with E-state index in [0.717, 1.165) is 5.56 Å². The van der Waals surface area contributed by atoms with Crippen LogP contribution in [0.3, 0.4) is 0 Å². The van der Waals surface area contributed by atoms with E-state index in [1.165, 1.54) is 6.07 Å². The van der Waals surface area contributed by atoms with Crippen molar-refractivity contribution in [2.75, 3.05) is 0 Å². The molecule has 0 aliphatic carbocycles. The Kier molecular flexibility index (Phi) is 2.88. The molecule has 3 nitrogen and oxygen atoms in total. The molecule has 0 saturated heterocycles. The van der Waals surface area contributed by atoms with Crippen LogP contribution in [0.1, 0.15) is 10.4 Å². The molecule has 0 saturated carbocycles. The Morgan fingerprint density at radius 3 is 2.50 bits per heavy atom. The van der Waals surface area contributed by atoms with Crippen molar-refractivity contribution in [3.63, 3.8) is 0 Å². The van der Waals surface area contributed by atoms with Crippen LogP contribution < -0.4 is 0 Å². The zero-order valence-corrected chi connectivity index (χ0v) is 8.98. The van der Waals surface area contributed by atoms with E-state index in [2.05, 4.69) is 4.98 Å². The van der Waals surface area contributed by atoms with Gasteiger partial charge in [0, 0.05) is 17.4 Å². The van der Waals surface area contributed by atoms with Crippen LogP contribution in [0.4, 0.5) is 0 Å². The van der Waals surface area contributed by atoms with Gasteiger partial charge in [-0.25, -0.2) is 4.79 Å². The summed E-state index contributed by atoms with van der Waals surface area (Å²) in [4.78, 5) is 15.0. The summed E-state index contributed by atoms with van der Waals surface area (Å²) < 4.78 is 0. The van der Waals surface area contributed by atoms with Gasteiger partial charge in [0.1, 0.15) is 0 Å². The molecule has 1 N–H and O–H groups in total. The highest BCUT2D eigenvalue weighted by Crippen LogP contribution is 2.25. The molecule has 4 heteroatoms. The molecular formula is C12H8ClNO2. The summed E-state index contributed by atoms with van der Waals surface area (Å²) in [5, 5.41) is 9.49. The highest BCUT2D eigenvalue weighted by atomic mass is 35.5. The summed E-state index contributed by atoms with van der Waals surface area (Å²) in [5.41, 5.74) is 1.64. The molecule has 0 bridgehead atoms. The zero-order valence-electron chi connectivity index (χ0n) is 8.22. The monoisotopic (exact) mass is 233 g/mol. The van der Waals surface area contributed by atoms with Gasteiger partial charge < -0.3 is 5.11 Å². The lowest BCUT2D eigenvalue weighted by atomic mass is 10.0. The normalized spacial score (nSPS) is 10.1. The Hall–Kier alpha value is -1.87. The van der Waals surface area contributed by atoms with E-state index in [0.29, 0.717) is 10.6 Å². The minimum absolute atomic E-state index is 0.193. The van der Waals surface area contributed by atoms with Crippen LogP contribution in [-0.2, 0) is 0 Å². The van der Waals surface area contributed by atoms with Gasteiger partial charge in [0.15, 0.2) is 0 Å². The molecule has 0 spiro atoms. The van der Waals surface area contributed by atoms with Crippen LogP contribution in [0.15, 0.2) is 42.7 Å². The van der Waals surface area contributed by atoms with Gasteiger partial charge in [-0.1, -0.05) is 17.7 Å². The molecular weight excluding hydrogens is 226 g/mol. The fourth-order valence-corrected chi connectivity index (χ4v) is 1.65. The molecule has 0 atom stereocenters. The predicted molar refractivity (Wildman–Crippen MR) is 61.6 cm³/mol. The number of benzene rings is 1. The number of carbonyl (C=O) groups is 1. The maximum Gasteiger partial charge on any atom is 0.336 e. The average molecular weight is 234 g/mol. The molecule has 0 aliphatic rings. The third-order valence-electron chi connectivity index (χ3n) is 2.20. The first-order chi connectivity index (χ1) is 7.68. The van der Waals surface area contributed by atoms with Gasteiger partial charge in [-0.3, -0.25) is 4.98 Å². The van der Waals surface area contributed by atoms with E-state index < -0.39 is 5.97 Å². The molecule has 1 aromatic carbocycles. The van der Waals surface area contributed by atoms with Crippen LogP contribution in [0.25, 0.3) is 11.1 Å². The summed E-state index contributed by atoms with van der Waals surface area (Å²) in [6.07, 6.45) is 3.24. The number of aromatic carboxylic acids is 1. The number of carboxylic acid groups (broad SMARTS) is 1. The van der Waals surface area contributed by atoms with Crippen molar-refractivity contribution >= 4 is 17.6 Å². The molecule has 0 unspecified atom stereocenters. The van der Waals surface area contributed by atoms with Gasteiger partial charge in [0.25, 0.3) is 0 Å². The number of hydrogen-bond acceptors (Lipinski definition) is 2. The largest absolute Gasteiger partial charge is 0.478 e. The maximum atomic E-state index is 11.1. The molecule has 0 radical (unpaired) electrons. The van der Waals surface area contributed by atoms with Gasteiger partial charge in [-0.2, -0.15) is 0 Å². The van der Waals surface area contributed by atoms with Crippen LogP contribution in [0, 0.1) is 0 Å². The second kappa shape index (κ2) is 4.33. The number of hydrogen-bond donors (Lipinski definition) is 1. The predicted octanol–water partition coefficient (Wildman–Crippen LogP) is 3.10. The average Bonchev–Trinajstić information content (AvgIpc) is 2.30. The minimum atomic E-state index is -0.991. The van der Waals surface area contributed by atoms with E-state index in [1.54, 1.807) is 36.7 Å². The molecule has 0 amide bonds. The molecule has 16 heavy (non-hydrogen) atoms. The van der Waals surface area contributed by atoms with E-state index >= 15 is 0 Å². The summed E-state index contributed by atoms with van der Waals surface area (Å²) in [7, 11) is 0. The second-order valence-electron chi connectivity index (χ2n) is 3.23. The maximum absolute atomic E-state index is 11.1. The van der Waals surface area contributed by atoms with E-state index in [1.807, 2.05) is 0 Å². The first-order valence-corrected chi connectivity index (χ1v) is 4.99. The van der Waals surface area contributed by atoms with Crippen LogP contribution >= 0.6 is 11.6 Å². The van der Waals surface area contributed by atoms with Crippen molar-refractivity contribution in [3.8, 4) is 11.1 Å². The Morgan fingerprint density at radius 1 is 1.19 bits per heavy atom. The Morgan fingerprint density at radius 2 is 1.88 bits per heavy atom. The standard InChI is InChI=1S/C12H8ClNO2/c13-9-1-2-10(11(7-9)12(15)16)8-3-5-14-6-4-8/h1-7H,(H,15,16). The fraction of sp³-hybridized carbons (Fsp3) is 0. The van der Waals surface area contributed by atoms with Crippen LogP contribution in [0.2, 0.25) is 5.02 Å². The molecule has 2 rings (SSSR count). The van der Waals surface area contributed by atoms with E-state index in [9.17, 15) is 4.79 Å². The summed E-state index contributed by atoms with van der Waals surface area (Å²) >= 11 is 5.77. The third kappa shape index (κ3) is 2.04. The molecule has 1 heterocycles. The Bertz CT molecular complexity index is 526. The second-order valence-corrected chi connectivity index (χ2v) is 3.67. The molecule has 2 aromatic rings. The Balaban J connectivity index is 2.61. The van der Waals surface area contributed by atoms with Crippen molar-refractivity contribution in [2.45, 2.75) is 0 Å². The summed E-state index contributed by atoms with van der Waals surface area (Å²) in [6.45, 7) is 0. The lowest BCUT2D eigenvalue weighted by molar-refractivity contribution is 0.0697. The van der Waals surface area contributed by atoms with Crippen molar-refractivity contribution in [1.82, 2.24) is 4.98 Å². The number of rotatable bonds is 2. The number of pyridine rings is 1. The quantitative estimate of drug-likeness (QED) is 0.867. The first kappa shape index (κ1) is 10.6. The summed E-state index contributed by atoms with van der Waals surface area (Å²) in [5.74, 6) is -0.991. The first-order valence-electron chi connectivity index (χ1n) is 4.62. The number of aromatic nitrogens is 1.